The Bertz CT molecular complexity index is 142. The molecule has 70 valence electrons. The van der Waals surface area contributed by atoms with Crippen molar-refractivity contribution in [3.05, 3.63) is 0 Å². The van der Waals surface area contributed by atoms with Crippen molar-refractivity contribution in [1.29, 1.82) is 0 Å². The number of rotatable bonds is 0. The molecule has 0 spiro atoms. The van der Waals surface area contributed by atoms with Crippen molar-refractivity contribution >= 4 is 0 Å². The van der Waals surface area contributed by atoms with Crippen LogP contribution in [0.1, 0.15) is 6.92 Å². The van der Waals surface area contributed by atoms with Crippen LogP contribution in [0.4, 0.5) is 0 Å². The minimum atomic E-state index is 0.685. The summed E-state index contributed by atoms with van der Waals surface area (Å²) in [4.78, 5) is 5.06. The average molecular weight is 169 g/mol. The minimum Gasteiger partial charge on any atom is -0.311 e. The van der Waals surface area contributed by atoms with E-state index in [0.717, 1.165) is 6.04 Å². The van der Waals surface area contributed by atoms with E-state index in [2.05, 4.69) is 29.1 Å². The molecule has 0 aromatic heterocycles. The zero-order valence-corrected chi connectivity index (χ0v) is 8.08. The largest absolute Gasteiger partial charge is 0.311 e. The van der Waals surface area contributed by atoms with Crippen molar-refractivity contribution in [3.8, 4) is 0 Å². The molecule has 2 saturated heterocycles. The monoisotopic (exact) mass is 169 g/mol. The summed E-state index contributed by atoms with van der Waals surface area (Å²) < 4.78 is 0. The molecule has 2 fully saturated rings. The maximum atomic E-state index is 3.53. The van der Waals surface area contributed by atoms with E-state index in [-0.39, 0.29) is 0 Å². The van der Waals surface area contributed by atoms with E-state index in [1.54, 1.807) is 0 Å². The van der Waals surface area contributed by atoms with E-state index in [4.69, 9.17) is 0 Å². The SMILES string of the molecule is C[C@H]1CN2CCN(C)CC2CN1. The first-order valence-corrected chi connectivity index (χ1v) is 4.91. The fraction of sp³-hybridized carbons (Fsp3) is 1.00. The first kappa shape index (κ1) is 8.48. The standard InChI is InChI=1S/C9H19N3/c1-8-6-12-4-3-11(2)7-9(12)5-10-8/h8-10H,3-7H2,1-2H3/t8-,9?/m0/s1. The molecule has 2 heterocycles. The second-order valence-electron chi connectivity index (χ2n) is 4.22. The van der Waals surface area contributed by atoms with Crippen molar-refractivity contribution in [3.63, 3.8) is 0 Å². The van der Waals surface area contributed by atoms with Crippen molar-refractivity contribution in [2.75, 3.05) is 39.8 Å². The fourth-order valence-corrected chi connectivity index (χ4v) is 2.24. The lowest BCUT2D eigenvalue weighted by molar-refractivity contribution is 0.0571. The van der Waals surface area contributed by atoms with Gasteiger partial charge in [0.05, 0.1) is 0 Å². The molecule has 2 aliphatic heterocycles. The van der Waals surface area contributed by atoms with Crippen molar-refractivity contribution in [2.45, 2.75) is 19.0 Å². The van der Waals surface area contributed by atoms with E-state index < -0.39 is 0 Å². The van der Waals surface area contributed by atoms with Gasteiger partial charge in [-0.25, -0.2) is 0 Å². The second kappa shape index (κ2) is 3.32. The van der Waals surface area contributed by atoms with E-state index >= 15 is 0 Å². The summed E-state index contributed by atoms with van der Waals surface area (Å²) in [5.41, 5.74) is 0. The summed E-state index contributed by atoms with van der Waals surface area (Å²) in [5.74, 6) is 0. The van der Waals surface area contributed by atoms with Gasteiger partial charge >= 0.3 is 0 Å². The highest BCUT2D eigenvalue weighted by molar-refractivity contribution is 4.88. The summed E-state index contributed by atoms with van der Waals surface area (Å²) in [6, 6.07) is 1.45. The van der Waals surface area contributed by atoms with Crippen molar-refractivity contribution < 1.29 is 0 Å². The van der Waals surface area contributed by atoms with Gasteiger partial charge in [-0.3, -0.25) is 4.90 Å². The highest BCUT2D eigenvalue weighted by atomic mass is 15.3. The summed E-state index contributed by atoms with van der Waals surface area (Å²) >= 11 is 0. The van der Waals surface area contributed by atoms with E-state index in [1.165, 1.54) is 32.7 Å². The molecule has 2 rings (SSSR count). The predicted octanol–water partition coefficient (Wildman–Crippen LogP) is -0.406. The smallest absolute Gasteiger partial charge is 0.0349 e. The Labute approximate surface area is 74.7 Å². The zero-order valence-electron chi connectivity index (χ0n) is 8.08. The molecule has 12 heavy (non-hydrogen) atoms. The molecular formula is C9H19N3. The van der Waals surface area contributed by atoms with E-state index in [0.29, 0.717) is 6.04 Å². The molecule has 0 saturated carbocycles. The second-order valence-corrected chi connectivity index (χ2v) is 4.22. The third kappa shape index (κ3) is 1.63. The first-order chi connectivity index (χ1) is 5.75. The van der Waals surface area contributed by atoms with Crippen LogP contribution in [0.15, 0.2) is 0 Å². The lowest BCUT2D eigenvalue weighted by atomic mass is 10.1. The van der Waals surface area contributed by atoms with Gasteiger partial charge in [-0.2, -0.15) is 0 Å². The normalized spacial score (nSPS) is 39.5. The van der Waals surface area contributed by atoms with Crippen LogP contribution in [-0.4, -0.2) is 61.7 Å². The molecular weight excluding hydrogens is 150 g/mol. The fourth-order valence-electron chi connectivity index (χ4n) is 2.24. The molecule has 3 nitrogen and oxygen atoms in total. The predicted molar refractivity (Wildman–Crippen MR) is 50.3 cm³/mol. The van der Waals surface area contributed by atoms with Gasteiger partial charge in [0.1, 0.15) is 0 Å². The Hall–Kier alpha value is -0.120. The molecule has 3 heteroatoms. The lowest BCUT2D eigenvalue weighted by Gasteiger charge is -2.45. The van der Waals surface area contributed by atoms with Gasteiger partial charge in [0.25, 0.3) is 0 Å². The average Bonchev–Trinajstić information content (AvgIpc) is 2.05. The Morgan fingerprint density at radius 3 is 2.92 bits per heavy atom. The van der Waals surface area contributed by atoms with Crippen LogP contribution in [0, 0.1) is 0 Å². The van der Waals surface area contributed by atoms with Gasteiger partial charge in [0.2, 0.25) is 0 Å². The summed E-state index contributed by atoms with van der Waals surface area (Å²) in [7, 11) is 2.22. The molecule has 1 unspecified atom stereocenters. The molecule has 2 aliphatic rings. The maximum Gasteiger partial charge on any atom is 0.0349 e. The summed E-state index contributed by atoms with van der Waals surface area (Å²) in [5, 5.41) is 3.53. The highest BCUT2D eigenvalue weighted by Gasteiger charge is 2.29. The molecule has 0 amide bonds. The molecule has 1 N–H and O–H groups in total. The number of nitrogens with one attached hydrogen (secondary N) is 1. The summed E-state index contributed by atoms with van der Waals surface area (Å²) in [6.45, 7) is 8.41. The maximum absolute atomic E-state index is 3.53. The van der Waals surface area contributed by atoms with Gasteiger partial charge in [-0.05, 0) is 14.0 Å². The van der Waals surface area contributed by atoms with Gasteiger partial charge in [0.15, 0.2) is 0 Å². The Kier molecular flexibility index (Phi) is 2.35. The zero-order chi connectivity index (χ0) is 8.55. The summed E-state index contributed by atoms with van der Waals surface area (Å²) in [6.07, 6.45) is 0. The number of hydrogen-bond donors (Lipinski definition) is 1. The number of fused-ring (bicyclic) bond motifs is 1. The third-order valence-corrected chi connectivity index (χ3v) is 3.02. The van der Waals surface area contributed by atoms with Gasteiger partial charge < -0.3 is 10.2 Å². The van der Waals surface area contributed by atoms with E-state index in [1.807, 2.05) is 0 Å². The lowest BCUT2D eigenvalue weighted by Crippen LogP contribution is -2.62. The van der Waals surface area contributed by atoms with Crippen LogP contribution in [0.2, 0.25) is 0 Å². The molecule has 0 aliphatic carbocycles. The molecule has 2 atom stereocenters. The number of piperazine rings is 2. The van der Waals surface area contributed by atoms with Crippen LogP contribution < -0.4 is 5.32 Å². The quantitative estimate of drug-likeness (QED) is 0.532. The van der Waals surface area contributed by atoms with Crippen LogP contribution in [0.25, 0.3) is 0 Å². The van der Waals surface area contributed by atoms with Crippen molar-refractivity contribution in [2.24, 2.45) is 0 Å². The molecule has 0 radical (unpaired) electrons. The minimum absolute atomic E-state index is 0.685. The van der Waals surface area contributed by atoms with Crippen LogP contribution in [0.3, 0.4) is 0 Å². The highest BCUT2D eigenvalue weighted by Crippen LogP contribution is 2.11. The molecule has 0 bridgehead atoms. The van der Waals surface area contributed by atoms with Crippen molar-refractivity contribution in [1.82, 2.24) is 15.1 Å². The number of hydrogen-bond acceptors (Lipinski definition) is 3. The van der Waals surface area contributed by atoms with Crippen LogP contribution in [0.5, 0.6) is 0 Å². The Balaban J connectivity index is 1.94. The topological polar surface area (TPSA) is 18.5 Å². The molecule has 0 aromatic rings. The Morgan fingerprint density at radius 1 is 1.25 bits per heavy atom. The Morgan fingerprint density at radius 2 is 2.08 bits per heavy atom. The van der Waals surface area contributed by atoms with Gasteiger partial charge in [-0.15, -0.1) is 0 Å². The van der Waals surface area contributed by atoms with E-state index in [9.17, 15) is 0 Å². The molecule has 0 aromatic carbocycles. The van der Waals surface area contributed by atoms with Gasteiger partial charge in [0, 0.05) is 44.8 Å². The van der Waals surface area contributed by atoms with Gasteiger partial charge in [-0.1, -0.05) is 0 Å². The third-order valence-electron chi connectivity index (χ3n) is 3.02. The number of likely N-dealkylation sites (N-methyl/N-ethyl adjacent to an activating group) is 1. The first-order valence-electron chi connectivity index (χ1n) is 4.91. The van der Waals surface area contributed by atoms with Crippen LogP contribution in [-0.2, 0) is 0 Å². The number of nitrogens with zero attached hydrogens (tertiary/aromatic N) is 2. The van der Waals surface area contributed by atoms with Crippen LogP contribution >= 0.6 is 0 Å².